The van der Waals surface area contributed by atoms with Gasteiger partial charge in [0, 0.05) is 28.9 Å². The van der Waals surface area contributed by atoms with Crippen LogP contribution >= 0.6 is 11.3 Å². The Kier molecular flexibility index (Phi) is 12.1. The normalized spacial score (nSPS) is 24.8. The molecule has 3 N–H and O–H groups in total. The Hall–Kier alpha value is -4.84. The van der Waals surface area contributed by atoms with Gasteiger partial charge >= 0.3 is 6.18 Å². The molecule has 1 saturated heterocycles. The zero-order valence-corrected chi connectivity index (χ0v) is 39.4. The Labute approximate surface area is 380 Å². The minimum absolute atomic E-state index is 0.0635. The van der Waals surface area contributed by atoms with E-state index in [-0.39, 0.29) is 36.9 Å². The van der Waals surface area contributed by atoms with Gasteiger partial charge in [-0.15, -0.1) is 11.3 Å². The third-order valence-corrected chi connectivity index (χ3v) is 16.1. The number of sulfonamides is 1. The SMILES string of the molecule is CCC1CC1(NC(=O)C1CC(Oc2cc(-c3nc(C(C)C)cs3)nc3c(C)c(C4CC4C)ccc23)CN1C(=O)C(Nc1cc(F)cc(C(F)(F)F)c1)C(C)(C)C)C(=O)NS(=O)(=O)C1CC1. The van der Waals surface area contributed by atoms with Crippen molar-refractivity contribution in [2.45, 2.75) is 141 Å². The maximum atomic E-state index is 15.0. The van der Waals surface area contributed by atoms with Crippen molar-refractivity contribution < 1.29 is 45.1 Å². The number of carbonyl (C=O) groups excluding carboxylic acids is 3. The first kappa shape index (κ1) is 46.7. The van der Waals surface area contributed by atoms with Crippen LogP contribution in [0.4, 0.5) is 23.2 Å². The van der Waals surface area contributed by atoms with Crippen LogP contribution < -0.4 is 20.1 Å². The van der Waals surface area contributed by atoms with Gasteiger partial charge in [-0.1, -0.05) is 61.0 Å². The van der Waals surface area contributed by atoms with Crippen molar-refractivity contribution in [1.29, 1.82) is 0 Å². The number of pyridine rings is 1. The molecule has 350 valence electrons. The lowest BCUT2D eigenvalue weighted by molar-refractivity contribution is -0.141. The van der Waals surface area contributed by atoms with Gasteiger partial charge in [0.25, 0.3) is 5.91 Å². The molecule has 4 aliphatic rings. The zero-order chi connectivity index (χ0) is 47.1. The van der Waals surface area contributed by atoms with Crippen LogP contribution in [-0.4, -0.2) is 76.5 Å². The Balaban J connectivity index is 1.16. The molecule has 7 unspecified atom stereocenters. The molecule has 1 aliphatic heterocycles. The summed E-state index contributed by atoms with van der Waals surface area (Å²) in [5.74, 6) is -2.21. The standard InChI is InChI=1S/C47H56F4N6O6S2/c1-9-26-20-46(26,44(60)56-65(61,62)31-10-11-31)55-41(58)37-18-30(21-57(37)43(59)40(45(6,7)8)52-29-16-27(47(49,50)51)15-28(48)17-29)63-38-19-35(42-54-36(22-64-42)23(2)3)53-39-25(5)32(12-13-33(38)39)34-14-24(34)4/h12-13,15-17,19,22-24,26,30-31,34,37,40,52H,9-11,14,18,20-21H2,1-8H3,(H,55,58)(H,56,60). The smallest absolute Gasteiger partial charge is 0.416 e. The number of alkyl halides is 3. The third kappa shape index (κ3) is 9.43. The summed E-state index contributed by atoms with van der Waals surface area (Å²) in [7, 11) is -3.96. The fraction of sp³-hybridized carbons (Fsp3) is 0.553. The maximum Gasteiger partial charge on any atom is 0.416 e. The number of halogens is 4. The molecule has 0 spiro atoms. The average Bonchev–Trinajstić information content (AvgIpc) is 4.19. The molecule has 4 aromatic rings. The number of thiazole rings is 1. The second kappa shape index (κ2) is 16.8. The van der Waals surface area contributed by atoms with E-state index in [9.17, 15) is 35.6 Å². The van der Waals surface area contributed by atoms with Crippen molar-refractivity contribution in [3.63, 3.8) is 0 Å². The van der Waals surface area contributed by atoms with Crippen LogP contribution in [0.2, 0.25) is 0 Å². The van der Waals surface area contributed by atoms with E-state index in [1.165, 1.54) is 21.8 Å². The van der Waals surface area contributed by atoms with Crippen LogP contribution in [0.25, 0.3) is 21.6 Å². The fourth-order valence-electron chi connectivity index (χ4n) is 9.11. The molecular formula is C47H56F4N6O6S2. The molecule has 12 nitrogen and oxygen atoms in total. The van der Waals surface area contributed by atoms with Crippen LogP contribution in [0.15, 0.2) is 41.8 Å². The summed E-state index contributed by atoms with van der Waals surface area (Å²) in [5.41, 5.74) is 0.361. The fourth-order valence-corrected chi connectivity index (χ4v) is 11.4. The van der Waals surface area contributed by atoms with E-state index in [0.29, 0.717) is 59.0 Å². The Morgan fingerprint density at radius 3 is 2.34 bits per heavy atom. The lowest BCUT2D eigenvalue weighted by Crippen LogP contribution is -2.58. The monoisotopic (exact) mass is 940 g/mol. The van der Waals surface area contributed by atoms with Crippen LogP contribution in [0.5, 0.6) is 5.75 Å². The molecule has 4 fully saturated rings. The van der Waals surface area contributed by atoms with Gasteiger partial charge in [-0.25, -0.2) is 22.8 Å². The Morgan fingerprint density at radius 1 is 1.05 bits per heavy atom. The van der Waals surface area contributed by atoms with Crippen LogP contribution in [-0.2, 0) is 30.6 Å². The number of hydrogen-bond donors (Lipinski definition) is 3. The lowest BCUT2D eigenvalue weighted by Gasteiger charge is -2.36. The minimum atomic E-state index is -4.87. The van der Waals surface area contributed by atoms with Gasteiger partial charge in [-0.05, 0) is 97.1 Å². The van der Waals surface area contributed by atoms with Gasteiger partial charge in [0.15, 0.2) is 0 Å². The summed E-state index contributed by atoms with van der Waals surface area (Å²) in [6.45, 7) is 15.1. The number of nitrogens with zero attached hydrogens (tertiary/aromatic N) is 3. The molecule has 3 aliphatic carbocycles. The first-order chi connectivity index (χ1) is 30.4. The molecule has 3 amide bonds. The quantitative estimate of drug-likeness (QED) is 0.105. The molecule has 0 radical (unpaired) electrons. The lowest BCUT2D eigenvalue weighted by atomic mass is 9.85. The van der Waals surface area contributed by atoms with Crippen molar-refractivity contribution in [2.75, 3.05) is 11.9 Å². The number of aryl methyl sites for hydroxylation is 1. The number of rotatable bonds is 14. The molecule has 8 rings (SSSR count). The van der Waals surface area contributed by atoms with E-state index >= 15 is 4.79 Å². The highest BCUT2D eigenvalue weighted by Crippen LogP contribution is 2.50. The molecule has 2 aromatic heterocycles. The summed E-state index contributed by atoms with van der Waals surface area (Å²) in [6.07, 6.45) is -3.21. The van der Waals surface area contributed by atoms with Crippen molar-refractivity contribution in [2.24, 2.45) is 17.3 Å². The summed E-state index contributed by atoms with van der Waals surface area (Å²) in [6, 6.07) is 5.27. The van der Waals surface area contributed by atoms with Gasteiger partial charge in [0.1, 0.15) is 46.0 Å². The van der Waals surface area contributed by atoms with Gasteiger partial charge in [0.2, 0.25) is 21.8 Å². The highest BCUT2D eigenvalue weighted by molar-refractivity contribution is 7.91. The molecule has 3 heterocycles. The van der Waals surface area contributed by atoms with Gasteiger partial charge in [-0.2, -0.15) is 13.2 Å². The van der Waals surface area contributed by atoms with Gasteiger partial charge in [-0.3, -0.25) is 19.1 Å². The molecule has 7 atom stereocenters. The first-order valence-corrected chi connectivity index (χ1v) is 24.7. The number of fused-ring (bicyclic) bond motifs is 1. The molecular weight excluding hydrogens is 885 g/mol. The van der Waals surface area contributed by atoms with Crippen LogP contribution in [0.3, 0.4) is 0 Å². The largest absolute Gasteiger partial charge is 0.488 e. The van der Waals surface area contributed by atoms with Crippen LogP contribution in [0, 0.1) is 30.0 Å². The highest BCUT2D eigenvalue weighted by atomic mass is 32.2. The van der Waals surface area contributed by atoms with E-state index in [1.807, 2.05) is 25.3 Å². The summed E-state index contributed by atoms with van der Waals surface area (Å²) < 4.78 is 91.0. The van der Waals surface area contributed by atoms with E-state index in [4.69, 9.17) is 14.7 Å². The molecule has 65 heavy (non-hydrogen) atoms. The molecule has 3 saturated carbocycles. The number of ether oxygens (including phenoxy) is 1. The Bertz CT molecular complexity index is 2660. The highest BCUT2D eigenvalue weighted by Gasteiger charge is 2.62. The molecule has 2 aromatic carbocycles. The maximum absolute atomic E-state index is 15.0. The van der Waals surface area contributed by atoms with Gasteiger partial charge in [0.05, 0.1) is 28.6 Å². The number of nitrogens with one attached hydrogen (secondary N) is 3. The second-order valence-electron chi connectivity index (χ2n) is 19.8. The summed E-state index contributed by atoms with van der Waals surface area (Å²) in [5, 5.41) is 8.42. The van der Waals surface area contributed by atoms with Crippen molar-refractivity contribution in [3.8, 4) is 16.5 Å². The number of amides is 3. The number of aromatic nitrogens is 2. The summed E-state index contributed by atoms with van der Waals surface area (Å²) >= 11 is 1.46. The topological polar surface area (TPSA) is 160 Å². The number of carbonyl (C=O) groups is 3. The van der Waals surface area contributed by atoms with Crippen LogP contribution in [0.1, 0.15) is 121 Å². The minimum Gasteiger partial charge on any atom is -0.488 e. The molecule has 18 heteroatoms. The third-order valence-electron chi connectivity index (χ3n) is 13.4. The van der Waals surface area contributed by atoms with Gasteiger partial charge < -0.3 is 20.3 Å². The van der Waals surface area contributed by atoms with Crippen molar-refractivity contribution in [3.05, 3.63) is 70.0 Å². The summed E-state index contributed by atoms with van der Waals surface area (Å²) in [4.78, 5) is 54.8. The van der Waals surface area contributed by atoms with E-state index in [1.54, 1.807) is 26.8 Å². The average molecular weight is 941 g/mol. The van der Waals surface area contributed by atoms with E-state index in [2.05, 4.69) is 42.2 Å². The predicted octanol–water partition coefficient (Wildman–Crippen LogP) is 8.84. The Morgan fingerprint density at radius 2 is 1.75 bits per heavy atom. The second-order valence-corrected chi connectivity index (χ2v) is 22.6. The number of likely N-dealkylation sites (tertiary alicyclic amines) is 1. The number of benzene rings is 2. The van der Waals surface area contributed by atoms with Crippen molar-refractivity contribution in [1.82, 2.24) is 24.9 Å². The van der Waals surface area contributed by atoms with Crippen molar-refractivity contribution >= 4 is 55.7 Å². The predicted molar refractivity (Wildman–Crippen MR) is 240 cm³/mol. The molecule has 0 bridgehead atoms. The number of anilines is 1. The first-order valence-electron chi connectivity index (χ1n) is 22.3. The van der Waals surface area contributed by atoms with E-state index in [0.717, 1.165) is 35.3 Å². The zero-order valence-electron chi connectivity index (χ0n) is 37.7. The number of hydrogen-bond acceptors (Lipinski definition) is 10. The van der Waals surface area contributed by atoms with E-state index < -0.39 is 79.7 Å².